The first-order chi connectivity index (χ1) is 15.1. The molecule has 4 rings (SSSR count). The van der Waals surface area contributed by atoms with Crippen molar-refractivity contribution in [1.82, 2.24) is 10.4 Å². The van der Waals surface area contributed by atoms with Gasteiger partial charge in [-0.05, 0) is 42.8 Å². The number of aromatic nitrogens is 1. The minimum atomic E-state index is -0.385. The topological polar surface area (TPSA) is 63.6 Å². The molecule has 0 atom stereocenters. The van der Waals surface area contributed by atoms with Gasteiger partial charge in [-0.3, -0.25) is 9.78 Å². The molecule has 6 heteroatoms. The molecule has 0 saturated carbocycles. The maximum absolute atomic E-state index is 13.8. The van der Waals surface area contributed by atoms with Crippen LogP contribution in [0.2, 0.25) is 0 Å². The Morgan fingerprint density at radius 3 is 2.58 bits per heavy atom. The lowest BCUT2D eigenvalue weighted by molar-refractivity contribution is 0.0954. The Bertz CT molecular complexity index is 1250. The number of rotatable bonds is 6. The summed E-state index contributed by atoms with van der Waals surface area (Å²) in [6, 6.07) is 23.0. The highest BCUT2D eigenvalue weighted by atomic mass is 19.1. The van der Waals surface area contributed by atoms with Gasteiger partial charge in [-0.2, -0.15) is 5.10 Å². The number of nitrogens with one attached hydrogen (secondary N) is 1. The Hall–Kier alpha value is -4.06. The van der Waals surface area contributed by atoms with Gasteiger partial charge in [0.25, 0.3) is 5.91 Å². The number of halogens is 1. The normalized spacial score (nSPS) is 11.4. The first-order valence-corrected chi connectivity index (χ1v) is 9.77. The second-order valence-corrected chi connectivity index (χ2v) is 6.93. The van der Waals surface area contributed by atoms with Gasteiger partial charge < -0.3 is 4.74 Å². The van der Waals surface area contributed by atoms with Crippen LogP contribution < -0.4 is 10.2 Å². The summed E-state index contributed by atoms with van der Waals surface area (Å²) in [6.45, 7) is 1.99. The summed E-state index contributed by atoms with van der Waals surface area (Å²) in [5, 5.41) is 5.02. The number of hydrazone groups is 1. The van der Waals surface area contributed by atoms with E-state index in [1.165, 1.54) is 6.07 Å². The van der Waals surface area contributed by atoms with E-state index in [1.807, 2.05) is 42.5 Å². The lowest BCUT2D eigenvalue weighted by Crippen LogP contribution is -2.19. The predicted molar refractivity (Wildman–Crippen MR) is 119 cm³/mol. The van der Waals surface area contributed by atoms with Gasteiger partial charge in [0.15, 0.2) is 0 Å². The molecule has 0 spiro atoms. The van der Waals surface area contributed by atoms with E-state index in [0.29, 0.717) is 29.2 Å². The minimum absolute atomic E-state index is 0.346. The SMILES string of the molecule is C/C(=N/NC(=O)c1ccc(COc2cccc3cccnc23)cc1)c1ccccc1F. The van der Waals surface area contributed by atoms with Crippen LogP contribution in [0.1, 0.15) is 28.4 Å². The van der Waals surface area contributed by atoms with E-state index < -0.39 is 0 Å². The monoisotopic (exact) mass is 413 g/mol. The van der Waals surface area contributed by atoms with Gasteiger partial charge in [0.2, 0.25) is 0 Å². The molecule has 1 amide bonds. The Kier molecular flexibility index (Phi) is 5.98. The van der Waals surface area contributed by atoms with Crippen molar-refractivity contribution in [2.75, 3.05) is 0 Å². The fourth-order valence-electron chi connectivity index (χ4n) is 3.12. The summed E-state index contributed by atoms with van der Waals surface area (Å²) in [6.07, 6.45) is 1.74. The molecule has 0 aliphatic rings. The molecule has 0 aliphatic carbocycles. The highest BCUT2D eigenvalue weighted by Gasteiger charge is 2.08. The highest BCUT2D eigenvalue weighted by Crippen LogP contribution is 2.23. The molecule has 1 aromatic heterocycles. The smallest absolute Gasteiger partial charge is 0.271 e. The third kappa shape index (κ3) is 4.75. The predicted octanol–water partition coefficient (Wildman–Crippen LogP) is 5.11. The van der Waals surface area contributed by atoms with E-state index in [0.717, 1.165) is 16.5 Å². The molecule has 0 saturated heterocycles. The molecular weight excluding hydrogens is 393 g/mol. The fraction of sp³-hybridized carbons (Fsp3) is 0.0800. The summed E-state index contributed by atoms with van der Waals surface area (Å²) in [4.78, 5) is 16.7. The number of fused-ring (bicyclic) bond motifs is 1. The zero-order valence-corrected chi connectivity index (χ0v) is 16.9. The Labute approximate surface area is 179 Å². The molecule has 31 heavy (non-hydrogen) atoms. The molecule has 1 N–H and O–H groups in total. The molecule has 0 unspecified atom stereocenters. The number of hydrogen-bond donors (Lipinski definition) is 1. The molecule has 5 nitrogen and oxygen atoms in total. The maximum Gasteiger partial charge on any atom is 0.271 e. The van der Waals surface area contributed by atoms with Gasteiger partial charge in [-0.1, -0.05) is 48.5 Å². The third-order valence-electron chi connectivity index (χ3n) is 4.79. The van der Waals surface area contributed by atoms with E-state index >= 15 is 0 Å². The van der Waals surface area contributed by atoms with Crippen molar-refractivity contribution < 1.29 is 13.9 Å². The largest absolute Gasteiger partial charge is 0.487 e. The van der Waals surface area contributed by atoms with E-state index in [9.17, 15) is 9.18 Å². The number of ether oxygens (including phenoxy) is 1. The lowest BCUT2D eigenvalue weighted by Gasteiger charge is -2.09. The number of carbonyl (C=O) groups excluding carboxylic acids is 1. The van der Waals surface area contributed by atoms with Crippen molar-refractivity contribution in [1.29, 1.82) is 0 Å². The number of para-hydroxylation sites is 1. The van der Waals surface area contributed by atoms with Gasteiger partial charge >= 0.3 is 0 Å². The highest BCUT2D eigenvalue weighted by molar-refractivity contribution is 6.01. The molecule has 154 valence electrons. The summed E-state index contributed by atoms with van der Waals surface area (Å²) >= 11 is 0. The summed E-state index contributed by atoms with van der Waals surface area (Å²) < 4.78 is 19.7. The molecule has 0 bridgehead atoms. The summed E-state index contributed by atoms with van der Waals surface area (Å²) in [5.74, 6) is -0.0527. The molecule has 3 aromatic carbocycles. The van der Waals surface area contributed by atoms with Crippen molar-refractivity contribution in [2.45, 2.75) is 13.5 Å². The van der Waals surface area contributed by atoms with Crippen molar-refractivity contribution in [3.05, 3.63) is 108 Å². The summed E-state index contributed by atoms with van der Waals surface area (Å²) in [7, 11) is 0. The first-order valence-electron chi connectivity index (χ1n) is 9.77. The quantitative estimate of drug-likeness (QED) is 0.353. The van der Waals surface area contributed by atoms with Gasteiger partial charge in [-0.25, -0.2) is 9.82 Å². The van der Waals surface area contributed by atoms with Crippen LogP contribution in [0, 0.1) is 5.82 Å². The van der Waals surface area contributed by atoms with E-state index in [4.69, 9.17) is 4.74 Å². The molecule has 0 fully saturated rings. The van der Waals surface area contributed by atoms with Crippen LogP contribution in [0.4, 0.5) is 4.39 Å². The molecule has 0 radical (unpaired) electrons. The number of hydrogen-bond acceptors (Lipinski definition) is 4. The third-order valence-corrected chi connectivity index (χ3v) is 4.79. The van der Waals surface area contributed by atoms with E-state index in [2.05, 4.69) is 15.5 Å². The van der Waals surface area contributed by atoms with E-state index in [-0.39, 0.29) is 11.7 Å². The second-order valence-electron chi connectivity index (χ2n) is 6.93. The van der Waals surface area contributed by atoms with Crippen molar-refractivity contribution in [3.63, 3.8) is 0 Å². The number of carbonyl (C=O) groups is 1. The van der Waals surface area contributed by atoms with Gasteiger partial charge in [-0.15, -0.1) is 0 Å². The van der Waals surface area contributed by atoms with Crippen LogP contribution in [-0.2, 0) is 6.61 Å². The number of nitrogens with zero attached hydrogens (tertiary/aromatic N) is 2. The molecule has 0 aliphatic heterocycles. The van der Waals surface area contributed by atoms with Crippen molar-refractivity contribution >= 4 is 22.5 Å². The standard InChI is InChI=1S/C25H20FN3O2/c1-17(21-8-2-3-9-22(21)26)28-29-25(30)20-13-11-18(12-14-20)16-31-23-10-4-6-19-7-5-15-27-24(19)23/h2-15H,16H2,1H3,(H,29,30)/b28-17-. The Morgan fingerprint density at radius 1 is 1.00 bits per heavy atom. The average molecular weight is 413 g/mol. The zero-order valence-electron chi connectivity index (χ0n) is 16.9. The Morgan fingerprint density at radius 2 is 1.77 bits per heavy atom. The number of amides is 1. The van der Waals surface area contributed by atoms with Crippen molar-refractivity contribution in [2.24, 2.45) is 5.10 Å². The van der Waals surface area contributed by atoms with Gasteiger partial charge in [0, 0.05) is 22.7 Å². The minimum Gasteiger partial charge on any atom is -0.487 e. The second kappa shape index (κ2) is 9.17. The Balaban J connectivity index is 1.39. The van der Waals surface area contributed by atoms with Gasteiger partial charge in [0.05, 0.1) is 5.71 Å². The van der Waals surface area contributed by atoms with Gasteiger partial charge in [0.1, 0.15) is 23.7 Å². The molecule has 4 aromatic rings. The van der Waals surface area contributed by atoms with Crippen LogP contribution in [0.25, 0.3) is 10.9 Å². The van der Waals surface area contributed by atoms with Crippen LogP contribution in [-0.4, -0.2) is 16.6 Å². The fourth-order valence-corrected chi connectivity index (χ4v) is 3.12. The van der Waals surface area contributed by atoms with Crippen LogP contribution in [0.15, 0.2) is 90.2 Å². The number of pyridine rings is 1. The molecule has 1 heterocycles. The maximum atomic E-state index is 13.8. The van der Waals surface area contributed by atoms with Crippen LogP contribution in [0.5, 0.6) is 5.75 Å². The zero-order chi connectivity index (χ0) is 21.6. The van der Waals surface area contributed by atoms with Crippen molar-refractivity contribution in [3.8, 4) is 5.75 Å². The first kappa shape index (κ1) is 20.2. The lowest BCUT2D eigenvalue weighted by atomic mass is 10.1. The van der Waals surface area contributed by atoms with Crippen LogP contribution in [0.3, 0.4) is 0 Å². The summed E-state index contributed by atoms with van der Waals surface area (Å²) in [5.41, 5.74) is 5.37. The average Bonchev–Trinajstić information content (AvgIpc) is 2.81. The molecular formula is C25H20FN3O2. The number of benzene rings is 3. The van der Waals surface area contributed by atoms with Crippen LogP contribution >= 0.6 is 0 Å². The van der Waals surface area contributed by atoms with E-state index in [1.54, 1.807) is 43.5 Å².